The molecule has 2 aliphatic heterocycles. The first-order chi connectivity index (χ1) is 20.2. The fraction of sp³-hybridized carbons (Fsp3) is 0.500. The number of imidazole rings is 2. The SMILES string of the molecule is Nc1nc2c(ncn2[C@]2(OP(O)(=S)OC[C@H]3OC[C@](F)(n4cnc5c(N)ncnc54)[C@@H]3O)CO[C@H](CO)C2(F)F)c(=O)[nH]1. The molecule has 0 amide bonds. The van der Waals surface area contributed by atoms with Crippen LogP contribution in [0, 0.1) is 0 Å². The molecule has 8 N–H and O–H groups in total. The lowest BCUT2D eigenvalue weighted by atomic mass is 10.0. The largest absolute Gasteiger partial charge is 0.393 e. The van der Waals surface area contributed by atoms with Crippen molar-refractivity contribution < 1.29 is 46.8 Å². The van der Waals surface area contributed by atoms with E-state index in [0.717, 1.165) is 23.5 Å². The van der Waals surface area contributed by atoms with Crippen molar-refractivity contribution in [2.45, 2.75) is 35.8 Å². The maximum absolute atomic E-state index is 16.1. The molecule has 6 heterocycles. The second-order valence-corrected chi connectivity index (χ2v) is 12.4. The Hall–Kier alpha value is -3.34. The molecule has 0 saturated carbocycles. The summed E-state index contributed by atoms with van der Waals surface area (Å²) < 4.78 is 70.2. The summed E-state index contributed by atoms with van der Waals surface area (Å²) in [5.41, 5.74) is 6.55. The Morgan fingerprint density at radius 1 is 1.12 bits per heavy atom. The molecule has 2 fully saturated rings. The van der Waals surface area contributed by atoms with Crippen molar-refractivity contribution in [2.24, 2.45) is 0 Å². The van der Waals surface area contributed by atoms with E-state index in [4.69, 9.17) is 41.8 Å². The van der Waals surface area contributed by atoms with E-state index in [1.165, 1.54) is 0 Å². The Labute approximate surface area is 241 Å². The summed E-state index contributed by atoms with van der Waals surface area (Å²) in [5, 5.41) is 20.4. The average molecular weight is 650 g/mol. The lowest BCUT2D eigenvalue weighted by molar-refractivity contribution is -0.200. The maximum Gasteiger partial charge on any atom is 0.327 e. The minimum absolute atomic E-state index is 0.0306. The second-order valence-electron chi connectivity index (χ2n) is 9.64. The number of H-pyrrole nitrogens is 1. The molecule has 6 rings (SSSR count). The lowest BCUT2D eigenvalue weighted by Crippen LogP contribution is -2.54. The van der Waals surface area contributed by atoms with Crippen LogP contribution in [0.3, 0.4) is 0 Å². The third-order valence-electron chi connectivity index (χ3n) is 7.12. The Kier molecular flexibility index (Phi) is 6.98. The molecule has 0 bridgehead atoms. The van der Waals surface area contributed by atoms with Gasteiger partial charge in [-0.3, -0.25) is 23.4 Å². The van der Waals surface area contributed by atoms with Crippen LogP contribution >= 0.6 is 6.72 Å². The minimum Gasteiger partial charge on any atom is -0.393 e. The van der Waals surface area contributed by atoms with Crippen LogP contribution in [0.5, 0.6) is 0 Å². The van der Waals surface area contributed by atoms with Gasteiger partial charge in [-0.25, -0.2) is 24.3 Å². The van der Waals surface area contributed by atoms with Gasteiger partial charge in [0.2, 0.25) is 17.5 Å². The van der Waals surface area contributed by atoms with Crippen molar-refractivity contribution in [1.29, 1.82) is 0 Å². The van der Waals surface area contributed by atoms with Gasteiger partial charge in [0.05, 0.1) is 25.9 Å². The number of fused-ring (bicyclic) bond motifs is 2. The number of aliphatic hydroxyl groups excluding tert-OH is 2. The highest BCUT2D eigenvalue weighted by Crippen LogP contribution is 2.57. The van der Waals surface area contributed by atoms with Gasteiger partial charge in [0.1, 0.15) is 43.4 Å². The molecule has 6 atom stereocenters. The number of aliphatic hydroxyl groups is 2. The first-order valence-corrected chi connectivity index (χ1v) is 14.8. The van der Waals surface area contributed by atoms with E-state index in [9.17, 15) is 19.9 Å². The predicted molar refractivity (Wildman–Crippen MR) is 140 cm³/mol. The molecule has 43 heavy (non-hydrogen) atoms. The molecule has 232 valence electrons. The van der Waals surface area contributed by atoms with E-state index in [1.807, 2.05) is 0 Å². The summed E-state index contributed by atoms with van der Waals surface area (Å²) in [5.74, 6) is -7.25. The van der Waals surface area contributed by atoms with E-state index in [2.05, 4.69) is 29.9 Å². The Balaban J connectivity index is 1.28. The van der Waals surface area contributed by atoms with Gasteiger partial charge in [0.15, 0.2) is 22.6 Å². The van der Waals surface area contributed by atoms with Crippen LogP contribution in [0.4, 0.5) is 24.9 Å². The third-order valence-corrected chi connectivity index (χ3v) is 8.67. The molecule has 2 aliphatic rings. The highest BCUT2D eigenvalue weighted by Gasteiger charge is 2.69. The van der Waals surface area contributed by atoms with Gasteiger partial charge in [-0.1, -0.05) is 0 Å². The molecule has 0 radical (unpaired) electrons. The van der Waals surface area contributed by atoms with E-state index >= 15 is 13.2 Å². The number of halogens is 3. The van der Waals surface area contributed by atoms with Crippen LogP contribution < -0.4 is 17.0 Å². The number of nitrogen functional groups attached to an aromatic ring is 2. The second kappa shape index (κ2) is 10.1. The molecule has 4 aromatic rings. The zero-order chi connectivity index (χ0) is 30.9. The molecule has 1 unspecified atom stereocenters. The minimum atomic E-state index is -4.77. The normalized spacial score (nSPS) is 30.3. The summed E-state index contributed by atoms with van der Waals surface area (Å²) in [4.78, 5) is 44.7. The number of aromatic amines is 1. The fourth-order valence-electron chi connectivity index (χ4n) is 4.93. The smallest absolute Gasteiger partial charge is 0.327 e. The molecular formula is C20H22F3N10O8PS. The van der Waals surface area contributed by atoms with Crippen LogP contribution in [0.2, 0.25) is 0 Å². The topological polar surface area (TPSA) is 257 Å². The molecule has 0 aromatic carbocycles. The number of rotatable bonds is 8. The van der Waals surface area contributed by atoms with E-state index in [-0.39, 0.29) is 17.0 Å². The van der Waals surface area contributed by atoms with Gasteiger partial charge in [-0.2, -0.15) is 13.8 Å². The summed E-state index contributed by atoms with van der Waals surface area (Å²) in [6.45, 7) is -8.52. The number of aromatic nitrogens is 8. The van der Waals surface area contributed by atoms with Crippen molar-refractivity contribution in [3.63, 3.8) is 0 Å². The first-order valence-electron chi connectivity index (χ1n) is 12.2. The molecule has 4 aromatic heterocycles. The predicted octanol–water partition coefficient (Wildman–Crippen LogP) is -1.56. The van der Waals surface area contributed by atoms with Gasteiger partial charge < -0.3 is 40.6 Å². The van der Waals surface area contributed by atoms with Crippen LogP contribution in [-0.4, -0.2) is 105 Å². The highest BCUT2D eigenvalue weighted by molar-refractivity contribution is 8.07. The van der Waals surface area contributed by atoms with Crippen molar-refractivity contribution in [3.05, 3.63) is 29.3 Å². The van der Waals surface area contributed by atoms with Gasteiger partial charge in [0.25, 0.3) is 5.56 Å². The zero-order valence-electron chi connectivity index (χ0n) is 21.4. The summed E-state index contributed by atoms with van der Waals surface area (Å²) in [6, 6.07) is 0. The van der Waals surface area contributed by atoms with Crippen molar-refractivity contribution in [2.75, 3.05) is 37.9 Å². The number of nitrogens with two attached hydrogens (primary N) is 2. The zero-order valence-corrected chi connectivity index (χ0v) is 23.2. The monoisotopic (exact) mass is 650 g/mol. The molecule has 2 saturated heterocycles. The number of ether oxygens (including phenoxy) is 2. The van der Waals surface area contributed by atoms with Gasteiger partial charge in [-0.05, 0) is 11.8 Å². The van der Waals surface area contributed by atoms with Gasteiger partial charge >= 0.3 is 12.6 Å². The first kappa shape index (κ1) is 29.7. The summed E-state index contributed by atoms with van der Waals surface area (Å²) >= 11 is 5.01. The third kappa shape index (κ3) is 4.48. The molecule has 0 aliphatic carbocycles. The van der Waals surface area contributed by atoms with Crippen LogP contribution in [0.1, 0.15) is 0 Å². The number of nitrogens with one attached hydrogen (secondary N) is 1. The van der Waals surface area contributed by atoms with E-state index < -0.39 is 91.6 Å². The van der Waals surface area contributed by atoms with Crippen LogP contribution in [-0.2, 0) is 41.8 Å². The van der Waals surface area contributed by atoms with Gasteiger partial charge in [-0.15, -0.1) is 0 Å². The quantitative estimate of drug-likeness (QED) is 0.118. The summed E-state index contributed by atoms with van der Waals surface area (Å²) in [6.07, 6.45) is -2.72. The van der Waals surface area contributed by atoms with E-state index in [1.54, 1.807) is 0 Å². The average Bonchev–Trinajstić information content (AvgIpc) is 3.68. The summed E-state index contributed by atoms with van der Waals surface area (Å²) in [7, 11) is 0. The van der Waals surface area contributed by atoms with Crippen molar-refractivity contribution in [1.82, 2.24) is 39.0 Å². The molecular weight excluding hydrogens is 628 g/mol. The Morgan fingerprint density at radius 2 is 1.84 bits per heavy atom. The van der Waals surface area contributed by atoms with Crippen molar-refractivity contribution in [3.8, 4) is 0 Å². The Morgan fingerprint density at radius 3 is 2.56 bits per heavy atom. The molecule has 23 heteroatoms. The highest BCUT2D eigenvalue weighted by atomic mass is 32.5. The van der Waals surface area contributed by atoms with Gasteiger partial charge in [0, 0.05) is 0 Å². The lowest BCUT2D eigenvalue weighted by Gasteiger charge is -2.37. The Bertz CT molecular complexity index is 1830. The maximum atomic E-state index is 16.1. The number of anilines is 2. The van der Waals surface area contributed by atoms with Crippen molar-refractivity contribution >= 4 is 52.6 Å². The van der Waals surface area contributed by atoms with Crippen LogP contribution in [0.25, 0.3) is 22.3 Å². The molecule has 0 spiro atoms. The standard InChI is InChI=1S/C20H22F3N10O8PS/c21-18(32-6-28-10-13(24)26-5-27-14(10)32)3-38-8(12(18)35)2-40-42(37,43)41-19(4-39-9(1-34)20(19,22)23)33-7-29-11-15(33)30-17(25)31-16(11)36/h5-9,12,34-35H,1-4H2,(H,37,43)(H2,24,26,27)(H3,25,30,31,36)/t8-,9-,12-,18+,19+,42?/m1/s1. The fourth-order valence-corrected chi connectivity index (χ4v) is 6.52. The number of hydrogen-bond donors (Lipinski definition) is 6. The number of hydrogen-bond acceptors (Lipinski definition) is 15. The number of nitrogens with zero attached hydrogens (tertiary/aromatic N) is 7. The van der Waals surface area contributed by atoms with Crippen LogP contribution in [0.15, 0.2) is 23.8 Å². The van der Waals surface area contributed by atoms with E-state index in [0.29, 0.717) is 4.57 Å². The molecule has 18 nitrogen and oxygen atoms in total. The number of alkyl halides is 3.